The molecular weight excluding hydrogens is 309 g/mol. The number of rotatable bonds is 3. The summed E-state index contributed by atoms with van der Waals surface area (Å²) in [5.74, 6) is -1.26. The molecule has 7 heteroatoms. The molecule has 3 N–H and O–H groups in total. The Morgan fingerprint density at radius 3 is 2.73 bits per heavy atom. The lowest BCUT2D eigenvalue weighted by atomic mass is 10.1. The zero-order valence-electron chi connectivity index (χ0n) is 11.2. The first-order valence-electron chi connectivity index (χ1n) is 6.48. The molecule has 1 amide bonds. The predicted molar refractivity (Wildman–Crippen MR) is 81.5 cm³/mol. The molecule has 3 rings (SSSR count). The Morgan fingerprint density at radius 1 is 1.18 bits per heavy atom. The average Bonchev–Trinajstić information content (AvgIpc) is 2.84. The quantitative estimate of drug-likeness (QED) is 0.694. The Kier molecular flexibility index (Phi) is 3.68. The van der Waals surface area contributed by atoms with Gasteiger partial charge in [-0.15, -0.1) is 0 Å². The highest BCUT2D eigenvalue weighted by molar-refractivity contribution is 6.33. The third kappa shape index (κ3) is 2.73. The van der Waals surface area contributed by atoms with Gasteiger partial charge in [-0.1, -0.05) is 23.7 Å². The molecule has 0 aliphatic rings. The summed E-state index contributed by atoms with van der Waals surface area (Å²) in [5, 5.41) is 2.66. The van der Waals surface area contributed by atoms with Crippen molar-refractivity contribution in [2.45, 2.75) is 6.54 Å². The lowest BCUT2D eigenvalue weighted by Gasteiger charge is -2.08. The van der Waals surface area contributed by atoms with Crippen LogP contribution >= 0.6 is 11.6 Å². The van der Waals surface area contributed by atoms with Crippen LogP contribution in [0.2, 0.25) is 5.02 Å². The molecule has 0 bridgehead atoms. The summed E-state index contributed by atoms with van der Waals surface area (Å²) in [4.78, 5) is 28.5. The van der Waals surface area contributed by atoms with E-state index < -0.39 is 11.7 Å². The molecule has 0 aliphatic carbocycles. The number of hydrogen-bond donors (Lipinski definition) is 3. The number of aromatic nitrogens is 2. The summed E-state index contributed by atoms with van der Waals surface area (Å²) in [5.41, 5.74) is 1.61. The van der Waals surface area contributed by atoms with Gasteiger partial charge in [0.05, 0.1) is 21.6 Å². The normalized spacial score (nSPS) is 10.8. The number of aromatic amines is 2. The van der Waals surface area contributed by atoms with Crippen LogP contribution in [0.5, 0.6) is 0 Å². The summed E-state index contributed by atoms with van der Waals surface area (Å²) >= 11 is 5.84. The molecule has 0 fully saturated rings. The van der Waals surface area contributed by atoms with Gasteiger partial charge in [0.2, 0.25) is 0 Å². The maximum absolute atomic E-state index is 13.6. The lowest BCUT2D eigenvalue weighted by molar-refractivity contribution is 0.0947. The smallest absolute Gasteiger partial charge is 0.323 e. The fraction of sp³-hybridized carbons (Fsp3) is 0.0667. The van der Waals surface area contributed by atoms with Crippen LogP contribution in [-0.2, 0) is 6.54 Å². The summed E-state index contributed by atoms with van der Waals surface area (Å²) in [6.07, 6.45) is 0. The molecule has 0 spiro atoms. The van der Waals surface area contributed by atoms with E-state index in [4.69, 9.17) is 11.6 Å². The summed E-state index contributed by atoms with van der Waals surface area (Å²) < 4.78 is 13.6. The van der Waals surface area contributed by atoms with Crippen molar-refractivity contribution < 1.29 is 9.18 Å². The second-order valence-corrected chi connectivity index (χ2v) is 5.15. The fourth-order valence-corrected chi connectivity index (χ4v) is 2.42. The Morgan fingerprint density at radius 2 is 1.95 bits per heavy atom. The van der Waals surface area contributed by atoms with Gasteiger partial charge in [0.15, 0.2) is 0 Å². The highest BCUT2D eigenvalue weighted by Crippen LogP contribution is 2.19. The molecule has 1 aromatic heterocycles. The predicted octanol–water partition coefficient (Wildman–Crippen LogP) is 2.58. The highest BCUT2D eigenvalue weighted by Gasteiger charge is 2.15. The Hall–Kier alpha value is -2.60. The van der Waals surface area contributed by atoms with Crippen LogP contribution < -0.4 is 11.0 Å². The van der Waals surface area contributed by atoms with E-state index in [0.29, 0.717) is 11.0 Å². The number of hydrogen-bond acceptors (Lipinski definition) is 2. The zero-order chi connectivity index (χ0) is 15.7. The fourth-order valence-electron chi connectivity index (χ4n) is 2.18. The van der Waals surface area contributed by atoms with Crippen molar-refractivity contribution in [1.82, 2.24) is 15.3 Å². The Bertz CT molecular complexity index is 896. The molecule has 0 atom stereocenters. The van der Waals surface area contributed by atoms with Crippen LogP contribution in [0.25, 0.3) is 11.0 Å². The van der Waals surface area contributed by atoms with Gasteiger partial charge in [-0.2, -0.15) is 0 Å². The second kappa shape index (κ2) is 5.65. The van der Waals surface area contributed by atoms with Crippen molar-refractivity contribution in [2.24, 2.45) is 0 Å². The zero-order valence-corrected chi connectivity index (χ0v) is 12.0. The third-order valence-electron chi connectivity index (χ3n) is 3.22. The van der Waals surface area contributed by atoms with Crippen LogP contribution in [-0.4, -0.2) is 15.9 Å². The van der Waals surface area contributed by atoms with Crippen molar-refractivity contribution >= 4 is 28.5 Å². The minimum Gasteiger partial charge on any atom is -0.348 e. The van der Waals surface area contributed by atoms with Gasteiger partial charge in [-0.05, 0) is 29.8 Å². The third-order valence-corrected chi connectivity index (χ3v) is 3.54. The molecule has 0 unspecified atom stereocenters. The lowest BCUT2D eigenvalue weighted by Crippen LogP contribution is -2.24. The number of imidazole rings is 1. The number of amides is 1. The molecule has 3 aromatic rings. The largest absolute Gasteiger partial charge is 0.348 e. The summed E-state index contributed by atoms with van der Waals surface area (Å²) in [6, 6.07) is 9.29. The van der Waals surface area contributed by atoms with Gasteiger partial charge in [0.1, 0.15) is 5.82 Å². The van der Waals surface area contributed by atoms with Gasteiger partial charge >= 0.3 is 5.69 Å². The Balaban J connectivity index is 1.78. The van der Waals surface area contributed by atoms with Crippen LogP contribution in [0.15, 0.2) is 41.2 Å². The van der Waals surface area contributed by atoms with E-state index in [-0.39, 0.29) is 22.8 Å². The summed E-state index contributed by atoms with van der Waals surface area (Å²) in [6.45, 7) is 0.187. The molecule has 112 valence electrons. The number of benzene rings is 2. The first kappa shape index (κ1) is 14.3. The molecule has 1 heterocycles. The number of fused-ring (bicyclic) bond motifs is 1. The van der Waals surface area contributed by atoms with Crippen molar-refractivity contribution in [3.8, 4) is 0 Å². The number of H-pyrrole nitrogens is 2. The molecule has 0 radical (unpaired) electrons. The van der Waals surface area contributed by atoms with Crippen molar-refractivity contribution in [1.29, 1.82) is 0 Å². The standard InChI is InChI=1S/C15H11ClFN3O2/c16-9-2-1-3-10(17)13(9)14(21)18-7-8-4-5-11-12(6-8)20-15(22)19-11/h1-6H,7H2,(H,18,21)(H2,19,20,22). The second-order valence-electron chi connectivity index (χ2n) is 4.74. The van der Waals surface area contributed by atoms with Gasteiger partial charge in [-0.25, -0.2) is 9.18 Å². The van der Waals surface area contributed by atoms with E-state index in [1.807, 2.05) is 0 Å². The van der Waals surface area contributed by atoms with E-state index in [9.17, 15) is 14.0 Å². The highest BCUT2D eigenvalue weighted by atomic mass is 35.5. The monoisotopic (exact) mass is 319 g/mol. The van der Waals surface area contributed by atoms with E-state index >= 15 is 0 Å². The van der Waals surface area contributed by atoms with Gasteiger partial charge < -0.3 is 15.3 Å². The van der Waals surface area contributed by atoms with E-state index in [0.717, 1.165) is 5.56 Å². The molecular formula is C15H11ClFN3O2. The Labute approximate surface area is 129 Å². The first-order chi connectivity index (χ1) is 10.5. The molecule has 5 nitrogen and oxygen atoms in total. The number of carbonyl (C=O) groups excluding carboxylic acids is 1. The van der Waals surface area contributed by atoms with Crippen LogP contribution in [0.4, 0.5) is 4.39 Å². The number of carbonyl (C=O) groups is 1. The maximum Gasteiger partial charge on any atom is 0.323 e. The molecule has 0 saturated heterocycles. The minimum absolute atomic E-state index is 0.0583. The molecule has 2 aromatic carbocycles. The molecule has 22 heavy (non-hydrogen) atoms. The van der Waals surface area contributed by atoms with Gasteiger partial charge in [0.25, 0.3) is 5.91 Å². The summed E-state index contributed by atoms with van der Waals surface area (Å²) in [7, 11) is 0. The minimum atomic E-state index is -0.671. The average molecular weight is 320 g/mol. The van der Waals surface area contributed by atoms with E-state index in [1.54, 1.807) is 18.2 Å². The van der Waals surface area contributed by atoms with Gasteiger partial charge in [-0.3, -0.25) is 4.79 Å². The van der Waals surface area contributed by atoms with Crippen LogP contribution in [0.1, 0.15) is 15.9 Å². The van der Waals surface area contributed by atoms with E-state index in [2.05, 4.69) is 15.3 Å². The van der Waals surface area contributed by atoms with Crippen molar-refractivity contribution in [2.75, 3.05) is 0 Å². The number of halogens is 2. The number of nitrogens with one attached hydrogen (secondary N) is 3. The maximum atomic E-state index is 13.6. The van der Waals surface area contributed by atoms with Crippen LogP contribution in [0, 0.1) is 5.82 Å². The van der Waals surface area contributed by atoms with Crippen molar-refractivity contribution in [3.05, 3.63) is 68.8 Å². The van der Waals surface area contributed by atoms with Gasteiger partial charge in [0, 0.05) is 6.54 Å². The SMILES string of the molecule is O=C(NCc1ccc2[nH]c(=O)[nH]c2c1)c1c(F)cccc1Cl. The van der Waals surface area contributed by atoms with E-state index in [1.165, 1.54) is 18.2 Å². The van der Waals surface area contributed by atoms with Crippen LogP contribution in [0.3, 0.4) is 0 Å². The molecule has 0 saturated carbocycles. The van der Waals surface area contributed by atoms with Crippen molar-refractivity contribution in [3.63, 3.8) is 0 Å². The first-order valence-corrected chi connectivity index (χ1v) is 6.85. The topological polar surface area (TPSA) is 77.8 Å². The molecule has 0 aliphatic heterocycles.